The molecule has 1 aromatic rings. The number of rotatable bonds is 3. The molecule has 0 aliphatic rings. The Hall–Kier alpha value is -2.06. The zero-order valence-corrected chi connectivity index (χ0v) is 11.9. The van der Waals surface area contributed by atoms with Crippen LogP contribution in [0.2, 0.25) is 0 Å². The molecule has 3 N–H and O–H groups in total. The SMILES string of the molecule is CC(C)(C)OC(=O)OC(=O)C(O)C(N)c1ncccc1F. The molecule has 7 nitrogen and oxygen atoms in total. The molecule has 1 aromatic heterocycles. The van der Waals surface area contributed by atoms with E-state index in [1.54, 1.807) is 20.8 Å². The Morgan fingerprint density at radius 3 is 2.57 bits per heavy atom. The highest BCUT2D eigenvalue weighted by Gasteiger charge is 2.31. The number of hydrogen-bond acceptors (Lipinski definition) is 7. The Balaban J connectivity index is 2.70. The number of carbonyl (C=O) groups excluding carboxylic acids is 2. The van der Waals surface area contributed by atoms with Crippen LogP contribution in [0.25, 0.3) is 0 Å². The van der Waals surface area contributed by atoms with Gasteiger partial charge in [-0.2, -0.15) is 0 Å². The summed E-state index contributed by atoms with van der Waals surface area (Å²) in [4.78, 5) is 26.5. The van der Waals surface area contributed by atoms with Gasteiger partial charge >= 0.3 is 12.1 Å². The number of nitrogens with two attached hydrogens (primary N) is 1. The molecule has 8 heteroatoms. The molecule has 2 unspecified atom stereocenters. The molecule has 0 radical (unpaired) electrons. The van der Waals surface area contributed by atoms with Crippen LogP contribution >= 0.6 is 0 Å². The maximum atomic E-state index is 13.5. The van der Waals surface area contributed by atoms with E-state index in [9.17, 15) is 19.1 Å². The summed E-state index contributed by atoms with van der Waals surface area (Å²) in [5.74, 6) is -2.13. The van der Waals surface area contributed by atoms with E-state index in [1.807, 2.05) is 0 Å². The number of halogens is 1. The fraction of sp³-hybridized carbons (Fsp3) is 0.462. The topological polar surface area (TPSA) is 112 Å². The van der Waals surface area contributed by atoms with Gasteiger partial charge in [0, 0.05) is 6.20 Å². The van der Waals surface area contributed by atoms with Gasteiger partial charge < -0.3 is 20.3 Å². The fourth-order valence-electron chi connectivity index (χ4n) is 1.35. The first kappa shape index (κ1) is 17.0. The standard InChI is InChI=1S/C13H17FN2O5/c1-13(2,3)21-12(19)20-11(18)10(17)8(15)9-7(14)5-4-6-16-9/h4-6,8,10,17H,15H2,1-3H3. The summed E-state index contributed by atoms with van der Waals surface area (Å²) < 4.78 is 22.5. The second-order valence-corrected chi connectivity index (χ2v) is 5.23. The molecule has 116 valence electrons. The first-order valence-corrected chi connectivity index (χ1v) is 6.10. The lowest BCUT2D eigenvalue weighted by Gasteiger charge is -2.20. The van der Waals surface area contributed by atoms with Gasteiger partial charge in [0.1, 0.15) is 11.4 Å². The van der Waals surface area contributed by atoms with Gasteiger partial charge in [0.2, 0.25) is 0 Å². The lowest BCUT2D eigenvalue weighted by Crippen LogP contribution is -2.38. The molecule has 0 aromatic carbocycles. The number of carbonyl (C=O) groups is 2. The van der Waals surface area contributed by atoms with Crippen molar-refractivity contribution in [3.05, 3.63) is 29.8 Å². The second kappa shape index (κ2) is 6.59. The summed E-state index contributed by atoms with van der Waals surface area (Å²) in [5.41, 5.74) is 4.36. The minimum absolute atomic E-state index is 0.314. The van der Waals surface area contributed by atoms with E-state index in [1.165, 1.54) is 12.3 Å². The molecule has 0 fully saturated rings. The highest BCUT2D eigenvalue weighted by atomic mass is 19.1. The van der Waals surface area contributed by atoms with Crippen LogP contribution in [0.1, 0.15) is 32.5 Å². The Morgan fingerprint density at radius 1 is 1.43 bits per heavy atom. The molecule has 0 saturated heterocycles. The van der Waals surface area contributed by atoms with E-state index >= 15 is 0 Å². The summed E-state index contributed by atoms with van der Waals surface area (Å²) in [6.45, 7) is 4.72. The molecule has 1 heterocycles. The molecule has 21 heavy (non-hydrogen) atoms. The molecular formula is C13H17FN2O5. The summed E-state index contributed by atoms with van der Waals surface area (Å²) in [7, 11) is 0. The van der Waals surface area contributed by atoms with Crippen molar-refractivity contribution in [2.75, 3.05) is 0 Å². The smallest absolute Gasteiger partial charge is 0.428 e. The van der Waals surface area contributed by atoms with Crippen molar-refractivity contribution in [3.8, 4) is 0 Å². The molecule has 0 aliphatic carbocycles. The van der Waals surface area contributed by atoms with Crippen LogP contribution in [-0.4, -0.2) is 33.9 Å². The zero-order valence-electron chi connectivity index (χ0n) is 11.9. The normalized spacial score (nSPS) is 14.2. The number of ether oxygens (including phenoxy) is 2. The van der Waals surface area contributed by atoms with Gasteiger partial charge in [-0.3, -0.25) is 4.98 Å². The van der Waals surface area contributed by atoms with Crippen LogP contribution in [0, 0.1) is 5.82 Å². The van der Waals surface area contributed by atoms with Gasteiger partial charge in [0.05, 0.1) is 11.7 Å². The number of hydrogen-bond donors (Lipinski definition) is 2. The van der Waals surface area contributed by atoms with E-state index in [0.717, 1.165) is 6.07 Å². The summed E-state index contributed by atoms with van der Waals surface area (Å²) >= 11 is 0. The van der Waals surface area contributed by atoms with E-state index in [0.29, 0.717) is 0 Å². The average molecular weight is 300 g/mol. The third-order valence-corrected chi connectivity index (χ3v) is 2.26. The van der Waals surface area contributed by atoms with Crippen molar-refractivity contribution >= 4 is 12.1 Å². The Labute approximate surface area is 120 Å². The van der Waals surface area contributed by atoms with Crippen LogP contribution in [-0.2, 0) is 14.3 Å². The van der Waals surface area contributed by atoms with E-state index in [-0.39, 0.29) is 5.69 Å². The van der Waals surface area contributed by atoms with Crippen LogP contribution in [0.4, 0.5) is 9.18 Å². The van der Waals surface area contributed by atoms with Crippen molar-refractivity contribution in [2.45, 2.75) is 38.5 Å². The predicted molar refractivity (Wildman–Crippen MR) is 69.5 cm³/mol. The number of esters is 1. The van der Waals surface area contributed by atoms with Gasteiger partial charge in [0.25, 0.3) is 0 Å². The van der Waals surface area contributed by atoms with Crippen LogP contribution < -0.4 is 5.73 Å². The first-order chi connectivity index (χ1) is 9.61. The van der Waals surface area contributed by atoms with Gasteiger partial charge in [-0.25, -0.2) is 14.0 Å². The summed E-state index contributed by atoms with van der Waals surface area (Å²) in [6, 6.07) is 0.937. The maximum Gasteiger partial charge on any atom is 0.516 e. The molecular weight excluding hydrogens is 283 g/mol. The highest BCUT2D eigenvalue weighted by Crippen LogP contribution is 2.17. The quantitative estimate of drug-likeness (QED) is 0.634. The minimum atomic E-state index is -1.96. The molecule has 0 bridgehead atoms. The molecule has 1 rings (SSSR count). The van der Waals surface area contributed by atoms with Gasteiger partial charge in [-0.1, -0.05) is 0 Å². The van der Waals surface area contributed by atoms with Gasteiger partial charge in [-0.05, 0) is 32.9 Å². The second-order valence-electron chi connectivity index (χ2n) is 5.23. The zero-order chi connectivity index (χ0) is 16.2. The van der Waals surface area contributed by atoms with Gasteiger partial charge in [0.15, 0.2) is 6.10 Å². The molecule has 0 saturated carbocycles. The van der Waals surface area contributed by atoms with Crippen molar-refractivity contribution in [3.63, 3.8) is 0 Å². The van der Waals surface area contributed by atoms with Crippen molar-refractivity contribution in [1.29, 1.82) is 0 Å². The Morgan fingerprint density at radius 2 is 2.05 bits per heavy atom. The third kappa shape index (κ3) is 5.09. The number of aliphatic hydroxyl groups is 1. The Kier molecular flexibility index (Phi) is 5.34. The third-order valence-electron chi connectivity index (χ3n) is 2.26. The van der Waals surface area contributed by atoms with Crippen molar-refractivity contribution in [1.82, 2.24) is 4.98 Å². The average Bonchev–Trinajstić information content (AvgIpc) is 2.35. The van der Waals surface area contributed by atoms with Crippen LogP contribution in [0.15, 0.2) is 18.3 Å². The summed E-state index contributed by atoms with van der Waals surface area (Å²) in [6.07, 6.45) is -1.98. The fourth-order valence-corrected chi connectivity index (χ4v) is 1.35. The monoisotopic (exact) mass is 300 g/mol. The largest absolute Gasteiger partial charge is 0.516 e. The van der Waals surface area contributed by atoms with E-state index in [2.05, 4.69) is 9.72 Å². The van der Waals surface area contributed by atoms with E-state index in [4.69, 9.17) is 10.5 Å². The lowest BCUT2D eigenvalue weighted by molar-refractivity contribution is -0.152. The highest BCUT2D eigenvalue weighted by molar-refractivity contribution is 5.85. The van der Waals surface area contributed by atoms with Gasteiger partial charge in [-0.15, -0.1) is 0 Å². The summed E-state index contributed by atoms with van der Waals surface area (Å²) in [5, 5.41) is 9.70. The molecule has 0 amide bonds. The molecule has 0 spiro atoms. The lowest BCUT2D eigenvalue weighted by atomic mass is 10.1. The van der Waals surface area contributed by atoms with Crippen LogP contribution in [0.5, 0.6) is 0 Å². The first-order valence-electron chi connectivity index (χ1n) is 6.10. The Bertz CT molecular complexity index is 530. The predicted octanol–water partition coefficient (Wildman–Crippen LogP) is 1.06. The van der Waals surface area contributed by atoms with Crippen LogP contribution in [0.3, 0.4) is 0 Å². The molecule has 2 atom stereocenters. The number of aromatic nitrogens is 1. The number of nitrogens with zero attached hydrogens (tertiary/aromatic N) is 1. The van der Waals surface area contributed by atoms with Crippen molar-refractivity contribution in [2.24, 2.45) is 5.73 Å². The maximum absolute atomic E-state index is 13.5. The molecule has 0 aliphatic heterocycles. The minimum Gasteiger partial charge on any atom is -0.428 e. The number of pyridine rings is 1. The van der Waals surface area contributed by atoms with Crippen molar-refractivity contribution < 1.29 is 28.6 Å². The number of aliphatic hydroxyl groups excluding tert-OH is 1. The van der Waals surface area contributed by atoms with E-state index < -0.39 is 35.7 Å².